The van der Waals surface area contributed by atoms with Crippen LogP contribution in [0.15, 0.2) is 41.6 Å². The molecule has 1 heterocycles. The summed E-state index contributed by atoms with van der Waals surface area (Å²) in [5.41, 5.74) is 6.74. The summed E-state index contributed by atoms with van der Waals surface area (Å²) in [6, 6.07) is 7.71. The Labute approximate surface area is 111 Å². The SMILES string of the molecule is CCOc1ccc(N)c(SCCn2cccn2)c1. The van der Waals surface area contributed by atoms with Gasteiger partial charge in [-0.25, -0.2) is 0 Å². The largest absolute Gasteiger partial charge is 0.494 e. The molecule has 0 radical (unpaired) electrons. The Hall–Kier alpha value is -1.62. The van der Waals surface area contributed by atoms with E-state index in [4.69, 9.17) is 10.5 Å². The fraction of sp³-hybridized carbons (Fsp3) is 0.308. The maximum Gasteiger partial charge on any atom is 0.120 e. The second-order valence-corrected chi connectivity index (χ2v) is 4.89. The molecular weight excluding hydrogens is 246 g/mol. The van der Waals surface area contributed by atoms with Crippen molar-refractivity contribution in [2.45, 2.75) is 18.4 Å². The lowest BCUT2D eigenvalue weighted by Crippen LogP contribution is -2.01. The van der Waals surface area contributed by atoms with Gasteiger partial charge in [-0.05, 0) is 31.2 Å². The van der Waals surface area contributed by atoms with E-state index in [1.54, 1.807) is 18.0 Å². The summed E-state index contributed by atoms with van der Waals surface area (Å²) in [7, 11) is 0. The van der Waals surface area contributed by atoms with Gasteiger partial charge in [-0.3, -0.25) is 4.68 Å². The van der Waals surface area contributed by atoms with Crippen LogP contribution in [-0.4, -0.2) is 22.1 Å². The maximum absolute atomic E-state index is 5.95. The average Bonchev–Trinajstić information content (AvgIpc) is 2.86. The molecule has 0 spiro atoms. The highest BCUT2D eigenvalue weighted by Crippen LogP contribution is 2.29. The first-order valence-electron chi connectivity index (χ1n) is 5.92. The first-order valence-corrected chi connectivity index (χ1v) is 6.90. The molecule has 2 aromatic rings. The summed E-state index contributed by atoms with van der Waals surface area (Å²) < 4.78 is 7.38. The minimum Gasteiger partial charge on any atom is -0.494 e. The van der Waals surface area contributed by atoms with E-state index in [2.05, 4.69) is 5.10 Å². The number of benzene rings is 1. The van der Waals surface area contributed by atoms with Crippen LogP contribution in [-0.2, 0) is 6.54 Å². The summed E-state index contributed by atoms with van der Waals surface area (Å²) in [5, 5.41) is 4.16. The number of rotatable bonds is 6. The predicted octanol–water partition coefficient (Wildman–Crippen LogP) is 2.66. The van der Waals surface area contributed by atoms with Crippen molar-refractivity contribution in [3.8, 4) is 5.75 Å². The highest BCUT2D eigenvalue weighted by atomic mass is 32.2. The lowest BCUT2D eigenvalue weighted by Gasteiger charge is -2.09. The van der Waals surface area contributed by atoms with E-state index in [0.29, 0.717) is 6.61 Å². The second-order valence-electron chi connectivity index (χ2n) is 3.75. The van der Waals surface area contributed by atoms with Gasteiger partial charge in [-0.1, -0.05) is 0 Å². The Morgan fingerprint density at radius 3 is 3.06 bits per heavy atom. The second kappa shape index (κ2) is 6.35. The number of thioether (sulfide) groups is 1. The van der Waals surface area contributed by atoms with Crippen LogP contribution in [0.2, 0.25) is 0 Å². The van der Waals surface area contributed by atoms with Crippen LogP contribution in [0.3, 0.4) is 0 Å². The predicted molar refractivity (Wildman–Crippen MR) is 75.0 cm³/mol. The number of hydrogen-bond acceptors (Lipinski definition) is 4. The number of anilines is 1. The summed E-state index contributed by atoms with van der Waals surface area (Å²) in [4.78, 5) is 1.06. The molecule has 0 atom stereocenters. The number of nitrogens with two attached hydrogens (primary N) is 1. The van der Waals surface area contributed by atoms with Gasteiger partial charge in [0.25, 0.3) is 0 Å². The Morgan fingerprint density at radius 1 is 1.44 bits per heavy atom. The molecule has 4 nitrogen and oxygen atoms in total. The van der Waals surface area contributed by atoms with Gasteiger partial charge in [0.05, 0.1) is 13.2 Å². The zero-order valence-corrected chi connectivity index (χ0v) is 11.2. The van der Waals surface area contributed by atoms with Gasteiger partial charge < -0.3 is 10.5 Å². The van der Waals surface area contributed by atoms with Gasteiger partial charge in [0.1, 0.15) is 5.75 Å². The molecule has 0 aliphatic carbocycles. The summed E-state index contributed by atoms with van der Waals surface area (Å²) in [5.74, 6) is 1.80. The molecule has 0 aliphatic heterocycles. The first-order chi connectivity index (χ1) is 8.79. The van der Waals surface area contributed by atoms with E-state index >= 15 is 0 Å². The van der Waals surface area contributed by atoms with Gasteiger partial charge >= 0.3 is 0 Å². The Morgan fingerprint density at radius 2 is 2.33 bits per heavy atom. The van der Waals surface area contributed by atoms with E-state index in [1.807, 2.05) is 42.1 Å². The van der Waals surface area contributed by atoms with E-state index in [9.17, 15) is 0 Å². The molecule has 0 bridgehead atoms. The molecule has 0 unspecified atom stereocenters. The normalized spacial score (nSPS) is 10.5. The first kappa shape index (κ1) is 12.8. The molecule has 5 heteroatoms. The van der Waals surface area contributed by atoms with E-state index in [-0.39, 0.29) is 0 Å². The Kier molecular flexibility index (Phi) is 4.52. The van der Waals surface area contributed by atoms with Gasteiger partial charge in [-0.15, -0.1) is 11.8 Å². The number of aromatic nitrogens is 2. The molecular formula is C13H17N3OS. The molecule has 2 N–H and O–H groups in total. The van der Waals surface area contributed by atoms with Crippen molar-refractivity contribution in [2.75, 3.05) is 18.1 Å². The highest BCUT2D eigenvalue weighted by Gasteiger charge is 2.03. The van der Waals surface area contributed by atoms with Gasteiger partial charge in [0, 0.05) is 28.7 Å². The minimum absolute atomic E-state index is 0.668. The lowest BCUT2D eigenvalue weighted by atomic mass is 10.3. The van der Waals surface area contributed by atoms with Crippen molar-refractivity contribution >= 4 is 17.4 Å². The molecule has 1 aromatic heterocycles. The van der Waals surface area contributed by atoms with E-state index in [1.165, 1.54) is 0 Å². The van der Waals surface area contributed by atoms with Crippen molar-refractivity contribution < 1.29 is 4.74 Å². The number of aryl methyl sites for hydroxylation is 1. The third-order valence-corrected chi connectivity index (χ3v) is 3.48. The third kappa shape index (κ3) is 3.43. The van der Waals surface area contributed by atoms with Crippen LogP contribution in [0.5, 0.6) is 5.75 Å². The smallest absolute Gasteiger partial charge is 0.120 e. The summed E-state index contributed by atoms with van der Waals surface area (Å²) >= 11 is 1.72. The van der Waals surface area contributed by atoms with Gasteiger partial charge in [0.2, 0.25) is 0 Å². The average molecular weight is 263 g/mol. The Balaban J connectivity index is 1.93. The monoisotopic (exact) mass is 263 g/mol. The van der Waals surface area contributed by atoms with Crippen LogP contribution >= 0.6 is 11.8 Å². The van der Waals surface area contributed by atoms with E-state index < -0.39 is 0 Å². The van der Waals surface area contributed by atoms with Crippen molar-refractivity contribution in [2.24, 2.45) is 0 Å². The molecule has 18 heavy (non-hydrogen) atoms. The molecule has 1 aromatic carbocycles. The quantitative estimate of drug-likeness (QED) is 0.643. The van der Waals surface area contributed by atoms with Gasteiger partial charge in [0.15, 0.2) is 0 Å². The standard InChI is InChI=1S/C13H17N3OS/c1-2-17-11-4-5-12(14)13(10-11)18-9-8-16-7-3-6-15-16/h3-7,10H,2,8-9,14H2,1H3. The van der Waals surface area contributed by atoms with Crippen molar-refractivity contribution in [3.05, 3.63) is 36.7 Å². The lowest BCUT2D eigenvalue weighted by molar-refractivity contribution is 0.339. The molecule has 2 rings (SSSR count). The fourth-order valence-corrected chi connectivity index (χ4v) is 2.51. The number of nitrogens with zero attached hydrogens (tertiary/aromatic N) is 2. The summed E-state index contributed by atoms with van der Waals surface area (Å²) in [6.07, 6.45) is 3.75. The fourth-order valence-electron chi connectivity index (χ4n) is 1.58. The van der Waals surface area contributed by atoms with Crippen molar-refractivity contribution in [1.29, 1.82) is 0 Å². The molecule has 0 fully saturated rings. The zero-order chi connectivity index (χ0) is 12.8. The van der Waals surface area contributed by atoms with Crippen LogP contribution < -0.4 is 10.5 Å². The number of nitrogen functional groups attached to an aromatic ring is 1. The molecule has 0 saturated heterocycles. The summed E-state index contributed by atoms with van der Waals surface area (Å²) in [6.45, 7) is 3.51. The number of ether oxygens (including phenoxy) is 1. The van der Waals surface area contributed by atoms with Crippen LogP contribution in [0.4, 0.5) is 5.69 Å². The molecule has 0 amide bonds. The van der Waals surface area contributed by atoms with Crippen molar-refractivity contribution in [1.82, 2.24) is 9.78 Å². The van der Waals surface area contributed by atoms with Gasteiger partial charge in [-0.2, -0.15) is 5.10 Å². The van der Waals surface area contributed by atoms with E-state index in [0.717, 1.165) is 28.6 Å². The highest BCUT2D eigenvalue weighted by molar-refractivity contribution is 7.99. The zero-order valence-electron chi connectivity index (χ0n) is 10.4. The van der Waals surface area contributed by atoms with Crippen LogP contribution in [0, 0.1) is 0 Å². The van der Waals surface area contributed by atoms with Crippen LogP contribution in [0.1, 0.15) is 6.92 Å². The minimum atomic E-state index is 0.668. The maximum atomic E-state index is 5.95. The van der Waals surface area contributed by atoms with Crippen molar-refractivity contribution in [3.63, 3.8) is 0 Å². The molecule has 96 valence electrons. The molecule has 0 saturated carbocycles. The third-order valence-electron chi connectivity index (χ3n) is 2.43. The molecule has 0 aliphatic rings. The topological polar surface area (TPSA) is 53.1 Å². The van der Waals surface area contributed by atoms with Crippen LogP contribution in [0.25, 0.3) is 0 Å². The number of hydrogen-bond donors (Lipinski definition) is 1. The Bertz CT molecular complexity index is 485.